The van der Waals surface area contributed by atoms with Crippen molar-refractivity contribution in [3.8, 4) is 0 Å². The molecule has 0 aromatic heterocycles. The van der Waals surface area contributed by atoms with Crippen LogP contribution >= 0.6 is 19.8 Å². The molecule has 0 N–H and O–H groups in total. The standard InChI is InChI=1S/2CH3.HI.Ru/h2*1H3;1H;/q2*-1;;+3/p-1. The number of halogens is 1. The van der Waals surface area contributed by atoms with Gasteiger partial charge in [-0.15, -0.1) is 0 Å². The molecular weight excluding hydrogens is 252 g/mol. The molecule has 0 saturated heterocycles. The van der Waals surface area contributed by atoms with Gasteiger partial charge in [0.1, 0.15) is 0 Å². The Bertz CT molecular complexity index is 6.00. The van der Waals surface area contributed by atoms with Crippen molar-refractivity contribution in [1.29, 1.82) is 0 Å². The van der Waals surface area contributed by atoms with E-state index >= 15 is 0 Å². The van der Waals surface area contributed by atoms with Crippen LogP contribution in [0.25, 0.3) is 0 Å². The Kier molecular flexibility index (Phi) is 122. The van der Waals surface area contributed by atoms with E-state index in [4.69, 9.17) is 0 Å². The predicted molar refractivity (Wildman–Crippen MR) is 26.8 cm³/mol. The van der Waals surface area contributed by atoms with Gasteiger partial charge in [-0.1, -0.05) is 0 Å². The molecule has 4 heavy (non-hydrogen) atoms. The fraction of sp³-hybridized carbons (Fsp3) is 0. The van der Waals surface area contributed by atoms with Crippen LogP contribution in [-0.2, 0) is 14.8 Å². The van der Waals surface area contributed by atoms with Gasteiger partial charge in [0.25, 0.3) is 0 Å². The topological polar surface area (TPSA) is 0 Å². The third-order valence-electron chi connectivity index (χ3n) is 0. The molecule has 0 aliphatic carbocycles. The molecule has 0 atom stereocenters. The molecular formula is C2H6IRu. The molecule has 0 unspecified atom stereocenters. The van der Waals surface area contributed by atoms with Gasteiger partial charge < -0.3 is 14.9 Å². The van der Waals surface area contributed by atoms with E-state index in [1.165, 1.54) is 0 Å². The maximum atomic E-state index is 2.32. The first-order chi connectivity index (χ1) is 1.00. The van der Waals surface area contributed by atoms with Crippen LogP contribution in [0, 0.1) is 14.9 Å². The quantitative estimate of drug-likeness (QED) is 0.353. The first kappa shape index (κ1) is 18.3. The SMILES string of the molecule is [CH3-].[CH3-].[Ru+2][I]. The van der Waals surface area contributed by atoms with Gasteiger partial charge in [-0.25, -0.2) is 0 Å². The molecule has 2 heteroatoms. The van der Waals surface area contributed by atoms with E-state index in [0.29, 0.717) is 0 Å². The minimum atomic E-state index is 0. The zero-order valence-electron chi connectivity index (χ0n) is 2.73. The van der Waals surface area contributed by atoms with Crippen molar-refractivity contribution < 1.29 is 14.8 Å². The van der Waals surface area contributed by atoms with Crippen molar-refractivity contribution >= 4 is 19.8 Å². The Morgan fingerprint density at radius 2 is 1.00 bits per heavy atom. The summed E-state index contributed by atoms with van der Waals surface area (Å²) in [4.78, 5) is 0. The average Bonchev–Trinajstić information content (AvgIpc) is 1.00. The summed E-state index contributed by atoms with van der Waals surface area (Å²) in [7, 11) is 0. The van der Waals surface area contributed by atoms with Crippen molar-refractivity contribution in [2.24, 2.45) is 0 Å². The van der Waals surface area contributed by atoms with E-state index in [1.54, 1.807) is 0 Å². The van der Waals surface area contributed by atoms with Crippen LogP contribution in [0.4, 0.5) is 0 Å². The Balaban J connectivity index is -0.00000000500. The van der Waals surface area contributed by atoms with Crippen LogP contribution in [0.1, 0.15) is 0 Å². The minimum absolute atomic E-state index is 0. The summed E-state index contributed by atoms with van der Waals surface area (Å²) in [6, 6.07) is 0. The van der Waals surface area contributed by atoms with Gasteiger partial charge in [-0.2, -0.15) is 0 Å². The van der Waals surface area contributed by atoms with E-state index in [2.05, 4.69) is 34.5 Å². The molecule has 0 bridgehead atoms. The molecule has 0 aromatic rings. The molecule has 29 valence electrons. The first-order valence-corrected chi connectivity index (χ1v) is 5.30. The fourth-order valence-corrected chi connectivity index (χ4v) is 0. The third kappa shape index (κ3) is 10.1. The summed E-state index contributed by atoms with van der Waals surface area (Å²) in [5.41, 5.74) is 0. The monoisotopic (exact) mass is 259 g/mol. The summed E-state index contributed by atoms with van der Waals surface area (Å²) >= 11 is 4.40. The maximum absolute atomic E-state index is 2.32. The molecule has 0 fully saturated rings. The van der Waals surface area contributed by atoms with Crippen LogP contribution < -0.4 is 0 Å². The van der Waals surface area contributed by atoms with Gasteiger partial charge in [-0.3, -0.25) is 0 Å². The average molecular weight is 258 g/mol. The summed E-state index contributed by atoms with van der Waals surface area (Å²) in [5.74, 6) is 0. The molecule has 0 radical (unpaired) electrons. The predicted octanol–water partition coefficient (Wildman–Crippen LogP) is 1.78. The van der Waals surface area contributed by atoms with Crippen molar-refractivity contribution in [2.45, 2.75) is 0 Å². The van der Waals surface area contributed by atoms with Gasteiger partial charge >= 0.3 is 34.5 Å². The fourth-order valence-electron chi connectivity index (χ4n) is 0. The van der Waals surface area contributed by atoms with Crippen molar-refractivity contribution in [3.05, 3.63) is 14.9 Å². The molecule has 0 saturated carbocycles. The second kappa shape index (κ2) is 26.7. The molecule has 0 aromatic carbocycles. The van der Waals surface area contributed by atoms with Gasteiger partial charge in [0.05, 0.1) is 0 Å². The molecule has 0 spiro atoms. The first-order valence-electron chi connectivity index (χ1n) is 0.134. The van der Waals surface area contributed by atoms with E-state index in [9.17, 15) is 0 Å². The van der Waals surface area contributed by atoms with Crippen molar-refractivity contribution in [3.63, 3.8) is 0 Å². The number of hydrogen-bond donors (Lipinski definition) is 0. The van der Waals surface area contributed by atoms with Gasteiger partial charge in [-0.05, 0) is 0 Å². The van der Waals surface area contributed by atoms with Crippen LogP contribution in [0.3, 0.4) is 0 Å². The van der Waals surface area contributed by atoms with Gasteiger partial charge in [0, 0.05) is 0 Å². The Labute approximate surface area is 49.2 Å². The van der Waals surface area contributed by atoms with Crippen LogP contribution in [0.2, 0.25) is 0 Å². The number of rotatable bonds is 0. The second-order valence-corrected chi connectivity index (χ2v) is 0. The third-order valence-corrected chi connectivity index (χ3v) is 0. The van der Waals surface area contributed by atoms with E-state index < -0.39 is 0 Å². The molecule has 0 amide bonds. The van der Waals surface area contributed by atoms with E-state index in [0.717, 1.165) is 0 Å². The van der Waals surface area contributed by atoms with E-state index in [1.807, 2.05) is 0 Å². The molecule has 0 nitrogen and oxygen atoms in total. The number of hydrogen-bond acceptors (Lipinski definition) is 0. The van der Waals surface area contributed by atoms with Crippen molar-refractivity contribution in [1.82, 2.24) is 0 Å². The second-order valence-electron chi connectivity index (χ2n) is 0. The summed E-state index contributed by atoms with van der Waals surface area (Å²) < 4.78 is 0. The summed E-state index contributed by atoms with van der Waals surface area (Å²) in [6.45, 7) is 0. The molecule has 0 aliphatic rings. The Hall–Kier alpha value is 1.35. The normalized spacial score (nSPS) is 1.25. The zero-order chi connectivity index (χ0) is 2.00. The molecule has 0 rings (SSSR count). The molecule has 0 aliphatic heterocycles. The summed E-state index contributed by atoms with van der Waals surface area (Å²) in [6.07, 6.45) is 0. The Morgan fingerprint density at radius 1 is 1.00 bits per heavy atom. The van der Waals surface area contributed by atoms with E-state index in [-0.39, 0.29) is 14.9 Å². The zero-order valence-corrected chi connectivity index (χ0v) is 6.63. The van der Waals surface area contributed by atoms with Crippen LogP contribution in [0.15, 0.2) is 0 Å². The van der Waals surface area contributed by atoms with Crippen molar-refractivity contribution in [2.75, 3.05) is 0 Å². The van der Waals surface area contributed by atoms with Crippen LogP contribution in [-0.4, -0.2) is 0 Å². The molecule has 0 heterocycles. The van der Waals surface area contributed by atoms with Gasteiger partial charge in [0.15, 0.2) is 0 Å². The van der Waals surface area contributed by atoms with Gasteiger partial charge in [0.2, 0.25) is 0 Å². The summed E-state index contributed by atoms with van der Waals surface area (Å²) in [5, 5.41) is 0. The van der Waals surface area contributed by atoms with Crippen LogP contribution in [0.5, 0.6) is 0 Å². The Morgan fingerprint density at radius 3 is 1.00 bits per heavy atom.